The number of rotatable bonds is 1. The molecule has 1 unspecified atom stereocenters. The van der Waals surface area contributed by atoms with Crippen LogP contribution in [0.5, 0.6) is 0 Å². The topological polar surface area (TPSA) is 22.5 Å². The molecule has 13 rings (SSSR count). The summed E-state index contributed by atoms with van der Waals surface area (Å²) in [5.41, 5.74) is 11.9. The average molecular weight is 612 g/mol. The largest absolute Gasteiger partial charge is 0.394 e. The zero-order valence-corrected chi connectivity index (χ0v) is 25.7. The molecule has 0 bridgehead atoms. The summed E-state index contributed by atoms with van der Waals surface area (Å²) < 4.78 is 12.5. The monoisotopic (exact) mass is 611 g/mol. The van der Waals surface area contributed by atoms with Crippen molar-refractivity contribution in [1.29, 1.82) is 0 Å². The Morgan fingerprint density at radius 2 is 1.21 bits per heavy atom. The highest BCUT2D eigenvalue weighted by atomic mass is 15.5. The lowest BCUT2D eigenvalue weighted by molar-refractivity contribution is -0.993. The minimum atomic E-state index is -0.649. The second-order valence-corrected chi connectivity index (χ2v) is 13.5. The molecule has 5 nitrogen and oxygen atoms in total. The van der Waals surface area contributed by atoms with Crippen LogP contribution in [0.1, 0.15) is 11.1 Å². The predicted molar refractivity (Wildman–Crippen MR) is 189 cm³/mol. The molecule has 1 atom stereocenters. The van der Waals surface area contributed by atoms with Crippen molar-refractivity contribution in [3.05, 3.63) is 163 Å². The number of hydrogen-bond acceptors (Lipinski definition) is 0. The average Bonchev–Trinajstić information content (AvgIpc) is 3.89. The van der Waals surface area contributed by atoms with Crippen molar-refractivity contribution in [2.45, 2.75) is 5.66 Å². The van der Waals surface area contributed by atoms with E-state index in [1.165, 1.54) is 88.0 Å². The first kappa shape index (κ1) is 23.8. The number of para-hydroxylation sites is 2. The van der Waals surface area contributed by atoms with Gasteiger partial charge in [0.05, 0.1) is 34.7 Å². The lowest BCUT2D eigenvalue weighted by Gasteiger charge is -2.32. The summed E-state index contributed by atoms with van der Waals surface area (Å²) in [6.45, 7) is 0. The molecule has 1 spiro atoms. The fourth-order valence-electron chi connectivity index (χ4n) is 9.62. The van der Waals surface area contributed by atoms with Crippen molar-refractivity contribution in [2.75, 3.05) is 0 Å². The van der Waals surface area contributed by atoms with E-state index >= 15 is 0 Å². The highest BCUT2D eigenvalue weighted by Crippen LogP contribution is 2.54. The molecule has 3 aliphatic rings. The van der Waals surface area contributed by atoms with Crippen LogP contribution in [0.3, 0.4) is 0 Å². The number of aromatic nitrogens is 5. The molecule has 48 heavy (non-hydrogen) atoms. The molecule has 220 valence electrons. The highest BCUT2D eigenvalue weighted by molar-refractivity contribution is 6.22. The molecule has 0 amide bonds. The van der Waals surface area contributed by atoms with Gasteiger partial charge in [0.2, 0.25) is 6.20 Å². The molecule has 3 aliphatic heterocycles. The molecule has 6 aromatic carbocycles. The lowest BCUT2D eigenvalue weighted by atomic mass is 9.82. The zero-order chi connectivity index (χ0) is 30.9. The van der Waals surface area contributed by atoms with E-state index in [0.29, 0.717) is 0 Å². The zero-order valence-electron chi connectivity index (χ0n) is 25.7. The van der Waals surface area contributed by atoms with Crippen molar-refractivity contribution >= 4 is 54.4 Å². The summed E-state index contributed by atoms with van der Waals surface area (Å²) in [5.74, 6) is 1.16. The number of hydrogen-bond donors (Lipinski definition) is 0. The highest BCUT2D eigenvalue weighted by Gasteiger charge is 2.68. The maximum absolute atomic E-state index is 2.55. The van der Waals surface area contributed by atoms with Gasteiger partial charge in [-0.1, -0.05) is 83.5 Å². The third-order valence-electron chi connectivity index (χ3n) is 11.4. The molecular formula is C43H25N5+2. The van der Waals surface area contributed by atoms with Crippen LogP contribution in [0.15, 0.2) is 152 Å². The summed E-state index contributed by atoms with van der Waals surface area (Å²) in [6.07, 6.45) is 7.02. The Labute approximate surface area is 274 Å². The first-order valence-electron chi connectivity index (χ1n) is 16.6. The third kappa shape index (κ3) is 2.40. The van der Waals surface area contributed by atoms with Crippen molar-refractivity contribution < 1.29 is 9.25 Å². The molecule has 5 heteroatoms. The van der Waals surface area contributed by atoms with Gasteiger partial charge >= 0.3 is 5.66 Å². The van der Waals surface area contributed by atoms with Crippen LogP contribution in [-0.2, 0) is 5.66 Å². The molecule has 0 saturated carbocycles. The molecule has 0 aliphatic carbocycles. The number of benzene rings is 6. The van der Waals surface area contributed by atoms with Crippen LogP contribution in [0.25, 0.3) is 82.7 Å². The van der Waals surface area contributed by atoms with E-state index < -0.39 is 5.66 Å². The van der Waals surface area contributed by atoms with E-state index in [2.05, 4.69) is 175 Å². The molecule has 10 aromatic rings. The summed E-state index contributed by atoms with van der Waals surface area (Å²) in [6, 6.07) is 49.3. The minimum Gasteiger partial charge on any atom is -0.307 e. The lowest BCUT2D eigenvalue weighted by Crippen LogP contribution is -2.76. The Kier molecular flexibility index (Phi) is 3.84. The Morgan fingerprint density at radius 1 is 0.500 bits per heavy atom. The van der Waals surface area contributed by atoms with Gasteiger partial charge in [0.15, 0.2) is 5.52 Å². The van der Waals surface area contributed by atoms with Gasteiger partial charge < -0.3 is 4.57 Å². The fraction of sp³-hybridized carbons (Fsp3) is 0.0233. The van der Waals surface area contributed by atoms with Gasteiger partial charge in [-0.05, 0) is 64.9 Å². The molecule has 0 N–H and O–H groups in total. The Morgan fingerprint density at radius 3 is 2.06 bits per heavy atom. The normalized spacial score (nSPS) is 16.4. The summed E-state index contributed by atoms with van der Waals surface area (Å²) >= 11 is 0. The summed E-state index contributed by atoms with van der Waals surface area (Å²) in [7, 11) is 0. The Bertz CT molecular complexity index is 3100. The first-order chi connectivity index (χ1) is 23.8. The van der Waals surface area contributed by atoms with Gasteiger partial charge in [-0.2, -0.15) is 9.13 Å². The second kappa shape index (κ2) is 7.73. The Hall–Kier alpha value is -6.46. The van der Waals surface area contributed by atoms with Crippen LogP contribution in [0.2, 0.25) is 0 Å². The fourth-order valence-corrected chi connectivity index (χ4v) is 9.62. The predicted octanol–water partition coefficient (Wildman–Crippen LogP) is 8.30. The second-order valence-electron chi connectivity index (χ2n) is 13.5. The van der Waals surface area contributed by atoms with Gasteiger partial charge in [-0.15, -0.1) is 4.68 Å². The summed E-state index contributed by atoms with van der Waals surface area (Å²) in [5, 5.41) is 7.68. The summed E-state index contributed by atoms with van der Waals surface area (Å²) in [4.78, 5) is 0. The van der Waals surface area contributed by atoms with E-state index in [4.69, 9.17) is 0 Å². The molecular weight excluding hydrogens is 587 g/mol. The van der Waals surface area contributed by atoms with E-state index in [9.17, 15) is 0 Å². The quantitative estimate of drug-likeness (QED) is 0.167. The van der Waals surface area contributed by atoms with Crippen LogP contribution in [0.4, 0.5) is 0 Å². The van der Waals surface area contributed by atoms with E-state index in [1.54, 1.807) is 0 Å². The molecule has 7 heterocycles. The standard InChI is InChI=1S/C43H25N5/c1-2-11-27-22-28(20-19-26(27)10-1)29-24-45-36-16-9-17-37-39(36)43(46(45)25-29)40-41-32(30-12-3-5-14-34(30)47(37)41)23-33-31-13-4-6-15-35(31)48(42(33)40)38-18-7-8-21-44(38)43/h1-25H/q+2. The van der Waals surface area contributed by atoms with Gasteiger partial charge in [0.1, 0.15) is 22.3 Å². The minimum absolute atomic E-state index is 0.649. The third-order valence-corrected chi connectivity index (χ3v) is 11.4. The maximum atomic E-state index is 2.55. The van der Waals surface area contributed by atoms with Gasteiger partial charge in [0, 0.05) is 27.6 Å². The number of pyridine rings is 1. The van der Waals surface area contributed by atoms with Crippen molar-refractivity contribution in [2.24, 2.45) is 0 Å². The SMILES string of the molecule is c1cc2c3c(c1)-n1cc(-c4ccc5ccccc5c4)c[n+]1C31c3c4c(cc5c6ccccc6n(c35)-c3cccc[n+]31)c1ccccc1n4-2. The van der Waals surface area contributed by atoms with Crippen LogP contribution in [-0.4, -0.2) is 13.8 Å². The molecule has 4 aromatic heterocycles. The van der Waals surface area contributed by atoms with Crippen LogP contribution >= 0.6 is 0 Å². The van der Waals surface area contributed by atoms with E-state index in [0.717, 1.165) is 5.82 Å². The van der Waals surface area contributed by atoms with Crippen molar-refractivity contribution in [3.63, 3.8) is 0 Å². The Balaban J connectivity index is 1.29. The molecule has 0 saturated heterocycles. The van der Waals surface area contributed by atoms with Gasteiger partial charge in [-0.25, -0.2) is 0 Å². The van der Waals surface area contributed by atoms with E-state index in [-0.39, 0.29) is 0 Å². The number of nitrogens with zero attached hydrogens (tertiary/aromatic N) is 5. The molecule has 0 fully saturated rings. The smallest absolute Gasteiger partial charge is 0.307 e. The van der Waals surface area contributed by atoms with Crippen LogP contribution in [0, 0.1) is 0 Å². The van der Waals surface area contributed by atoms with E-state index in [1.807, 2.05) is 0 Å². The molecule has 0 radical (unpaired) electrons. The number of fused-ring (bicyclic) bond motifs is 12. The first-order valence-corrected chi connectivity index (χ1v) is 16.6. The van der Waals surface area contributed by atoms with Gasteiger partial charge in [-0.3, -0.25) is 0 Å². The van der Waals surface area contributed by atoms with Gasteiger partial charge in [0.25, 0.3) is 5.82 Å². The van der Waals surface area contributed by atoms with Crippen LogP contribution < -0.4 is 9.25 Å². The van der Waals surface area contributed by atoms with Crippen molar-refractivity contribution in [3.8, 4) is 28.3 Å². The maximum Gasteiger partial charge on any atom is 0.394 e. The van der Waals surface area contributed by atoms with Crippen molar-refractivity contribution in [1.82, 2.24) is 13.8 Å².